The number of anilines is 1. The molecular weight excluding hydrogens is 382 g/mol. The van der Waals surface area contributed by atoms with Crippen LogP contribution in [0.3, 0.4) is 0 Å². The number of amides is 1. The van der Waals surface area contributed by atoms with Gasteiger partial charge in [-0.05, 0) is 24.6 Å². The number of esters is 1. The molecule has 2 aromatic rings. The zero-order valence-electron chi connectivity index (χ0n) is 13.8. The summed E-state index contributed by atoms with van der Waals surface area (Å²) in [5.74, 6) is -1.94. The first kappa shape index (κ1) is 19.8. The lowest BCUT2D eigenvalue weighted by Gasteiger charge is -2.09. The molecule has 0 unspecified atom stereocenters. The van der Waals surface area contributed by atoms with Crippen LogP contribution in [0, 0.1) is 27.2 Å². The Labute approximate surface area is 157 Å². The lowest BCUT2D eigenvalue weighted by Crippen LogP contribution is -2.22. The molecule has 2 aromatic carbocycles. The van der Waals surface area contributed by atoms with E-state index < -0.39 is 34.0 Å². The summed E-state index contributed by atoms with van der Waals surface area (Å²) >= 11 is 5.66. The number of carbonyl (C=O) groups excluding carboxylic acids is 2. The number of halogens is 1. The Kier molecular flexibility index (Phi) is 6.03. The maximum atomic E-state index is 12.0. The van der Waals surface area contributed by atoms with Crippen molar-refractivity contribution >= 4 is 40.5 Å². The normalized spacial score (nSPS) is 10.1. The van der Waals surface area contributed by atoms with Gasteiger partial charge in [0.05, 0.1) is 9.85 Å². The number of nitrogens with zero attached hydrogens (tertiary/aromatic N) is 2. The molecule has 0 fully saturated rings. The molecule has 0 aliphatic rings. The Morgan fingerprint density at radius 2 is 1.78 bits per heavy atom. The van der Waals surface area contributed by atoms with Crippen LogP contribution in [0.1, 0.15) is 15.9 Å². The predicted molar refractivity (Wildman–Crippen MR) is 94.9 cm³/mol. The summed E-state index contributed by atoms with van der Waals surface area (Å²) in [6.07, 6.45) is 0. The van der Waals surface area contributed by atoms with Gasteiger partial charge in [0.1, 0.15) is 11.3 Å². The van der Waals surface area contributed by atoms with E-state index in [1.54, 1.807) is 13.0 Å². The highest BCUT2D eigenvalue weighted by Crippen LogP contribution is 2.27. The average molecular weight is 394 g/mol. The van der Waals surface area contributed by atoms with Gasteiger partial charge in [0, 0.05) is 17.2 Å². The summed E-state index contributed by atoms with van der Waals surface area (Å²) < 4.78 is 4.76. The maximum Gasteiger partial charge on any atom is 0.345 e. The van der Waals surface area contributed by atoms with Crippen LogP contribution >= 0.6 is 11.6 Å². The van der Waals surface area contributed by atoms with E-state index in [-0.39, 0.29) is 22.0 Å². The first-order valence-corrected chi connectivity index (χ1v) is 7.73. The lowest BCUT2D eigenvalue weighted by atomic mass is 10.1. The predicted octanol–water partition coefficient (Wildman–Crippen LogP) is 3.26. The largest absolute Gasteiger partial charge is 0.452 e. The van der Waals surface area contributed by atoms with E-state index in [0.717, 1.165) is 12.1 Å². The summed E-state index contributed by atoms with van der Waals surface area (Å²) in [6, 6.07) is 7.59. The SMILES string of the molecule is Cc1cccc([N+](=O)[O-])c1NC(=O)COC(=O)c1ccc(Cl)cc1[N+](=O)[O-]. The van der Waals surface area contributed by atoms with Crippen molar-refractivity contribution in [2.24, 2.45) is 0 Å². The van der Waals surface area contributed by atoms with Crippen molar-refractivity contribution in [3.05, 3.63) is 72.8 Å². The monoisotopic (exact) mass is 393 g/mol. The van der Waals surface area contributed by atoms with Crippen molar-refractivity contribution in [1.82, 2.24) is 0 Å². The second kappa shape index (κ2) is 8.23. The molecule has 0 heterocycles. The molecule has 0 bridgehead atoms. The topological polar surface area (TPSA) is 142 Å². The van der Waals surface area contributed by atoms with Crippen LogP contribution in [0.4, 0.5) is 17.1 Å². The highest BCUT2D eigenvalue weighted by molar-refractivity contribution is 6.31. The molecule has 0 spiro atoms. The van der Waals surface area contributed by atoms with Gasteiger partial charge in [0.25, 0.3) is 17.3 Å². The van der Waals surface area contributed by atoms with Crippen LogP contribution in [0.5, 0.6) is 0 Å². The molecule has 0 aliphatic heterocycles. The van der Waals surface area contributed by atoms with Gasteiger partial charge in [-0.25, -0.2) is 4.79 Å². The first-order chi connectivity index (χ1) is 12.7. The third-order valence-corrected chi connectivity index (χ3v) is 3.66. The van der Waals surface area contributed by atoms with Crippen LogP contribution in [0.25, 0.3) is 0 Å². The minimum atomic E-state index is -1.10. The second-order valence-corrected chi connectivity index (χ2v) is 5.71. The van der Waals surface area contributed by atoms with Crippen molar-refractivity contribution in [1.29, 1.82) is 0 Å². The highest BCUT2D eigenvalue weighted by atomic mass is 35.5. The zero-order chi connectivity index (χ0) is 20.1. The molecule has 0 saturated heterocycles. The fourth-order valence-electron chi connectivity index (χ4n) is 2.18. The standard InChI is InChI=1S/C16H12ClN3O7/c1-9-3-2-4-12(19(23)24)15(9)18-14(21)8-27-16(22)11-6-5-10(17)7-13(11)20(25)26/h2-7H,8H2,1H3,(H,18,21). The minimum absolute atomic E-state index is 0.0268. The molecule has 0 atom stereocenters. The highest BCUT2D eigenvalue weighted by Gasteiger charge is 2.23. The summed E-state index contributed by atoms with van der Waals surface area (Å²) in [7, 11) is 0. The maximum absolute atomic E-state index is 12.0. The molecule has 2 rings (SSSR count). The van der Waals surface area contributed by atoms with Crippen molar-refractivity contribution in [3.63, 3.8) is 0 Å². The zero-order valence-corrected chi connectivity index (χ0v) is 14.6. The molecule has 0 aliphatic carbocycles. The third kappa shape index (κ3) is 4.76. The lowest BCUT2D eigenvalue weighted by molar-refractivity contribution is -0.385. The van der Waals surface area contributed by atoms with Crippen molar-refractivity contribution < 1.29 is 24.2 Å². The second-order valence-electron chi connectivity index (χ2n) is 5.27. The quantitative estimate of drug-likeness (QED) is 0.450. The van der Waals surface area contributed by atoms with Crippen molar-refractivity contribution in [2.75, 3.05) is 11.9 Å². The van der Waals surface area contributed by atoms with E-state index in [0.29, 0.717) is 5.56 Å². The molecule has 0 saturated carbocycles. The summed E-state index contributed by atoms with van der Waals surface area (Å²) in [5.41, 5.74) is -0.845. The number of aryl methyl sites for hydroxylation is 1. The Hall–Kier alpha value is -3.53. The molecule has 0 aromatic heterocycles. The number of rotatable bonds is 6. The molecule has 11 heteroatoms. The third-order valence-electron chi connectivity index (χ3n) is 3.42. The van der Waals surface area contributed by atoms with E-state index in [9.17, 15) is 29.8 Å². The van der Waals surface area contributed by atoms with Crippen molar-refractivity contribution in [3.8, 4) is 0 Å². The summed E-state index contributed by atoms with van der Waals surface area (Å²) in [4.78, 5) is 44.6. The van der Waals surface area contributed by atoms with Gasteiger partial charge in [-0.15, -0.1) is 0 Å². The molecular formula is C16H12ClN3O7. The number of nitro groups is 2. The van der Waals surface area contributed by atoms with Crippen LogP contribution < -0.4 is 5.32 Å². The van der Waals surface area contributed by atoms with E-state index >= 15 is 0 Å². The molecule has 27 heavy (non-hydrogen) atoms. The van der Waals surface area contributed by atoms with Crippen LogP contribution in [-0.2, 0) is 9.53 Å². The Morgan fingerprint density at radius 1 is 1.11 bits per heavy atom. The number of nitro benzene ring substituents is 2. The summed E-state index contributed by atoms with van der Waals surface area (Å²) in [5, 5.41) is 24.4. The number of ether oxygens (including phenoxy) is 1. The van der Waals surface area contributed by atoms with Gasteiger partial charge < -0.3 is 10.1 Å². The molecule has 140 valence electrons. The van der Waals surface area contributed by atoms with Crippen molar-refractivity contribution in [2.45, 2.75) is 6.92 Å². The van der Waals surface area contributed by atoms with Gasteiger partial charge in [-0.1, -0.05) is 23.7 Å². The van der Waals surface area contributed by atoms with Crippen LogP contribution in [0.2, 0.25) is 5.02 Å². The Bertz CT molecular complexity index is 946. The molecule has 0 radical (unpaired) electrons. The fourth-order valence-corrected chi connectivity index (χ4v) is 2.35. The minimum Gasteiger partial charge on any atom is -0.452 e. The number of hydrogen-bond donors (Lipinski definition) is 1. The smallest absolute Gasteiger partial charge is 0.345 e. The number of nitrogens with one attached hydrogen (secondary N) is 1. The Morgan fingerprint density at radius 3 is 2.41 bits per heavy atom. The molecule has 10 nitrogen and oxygen atoms in total. The number of hydrogen-bond acceptors (Lipinski definition) is 7. The first-order valence-electron chi connectivity index (χ1n) is 7.35. The Balaban J connectivity index is 2.10. The van der Waals surface area contributed by atoms with Gasteiger partial charge in [-0.2, -0.15) is 0 Å². The van der Waals surface area contributed by atoms with E-state index in [2.05, 4.69) is 5.32 Å². The fraction of sp³-hybridized carbons (Fsp3) is 0.125. The summed E-state index contributed by atoms with van der Waals surface area (Å²) in [6.45, 7) is 0.774. The molecule has 1 amide bonds. The van der Waals surface area contributed by atoms with Gasteiger partial charge in [-0.3, -0.25) is 25.0 Å². The van der Waals surface area contributed by atoms with Crippen LogP contribution in [0.15, 0.2) is 36.4 Å². The van der Waals surface area contributed by atoms with E-state index in [4.69, 9.17) is 16.3 Å². The number of para-hydroxylation sites is 1. The number of benzene rings is 2. The van der Waals surface area contributed by atoms with E-state index in [1.807, 2.05) is 0 Å². The van der Waals surface area contributed by atoms with E-state index in [1.165, 1.54) is 18.2 Å². The van der Waals surface area contributed by atoms with Crippen LogP contribution in [-0.4, -0.2) is 28.3 Å². The van der Waals surface area contributed by atoms with Gasteiger partial charge in [0.15, 0.2) is 6.61 Å². The van der Waals surface area contributed by atoms with Gasteiger partial charge in [0.2, 0.25) is 0 Å². The average Bonchev–Trinajstić information content (AvgIpc) is 2.61. The van der Waals surface area contributed by atoms with Gasteiger partial charge >= 0.3 is 5.97 Å². The number of carbonyl (C=O) groups is 2. The molecule has 1 N–H and O–H groups in total.